The van der Waals surface area contributed by atoms with Gasteiger partial charge in [-0.1, -0.05) is 26.0 Å². The van der Waals surface area contributed by atoms with Crippen LogP contribution in [0.5, 0.6) is 0 Å². The molecule has 4 nitrogen and oxygen atoms in total. The van der Waals surface area contributed by atoms with Gasteiger partial charge in [-0.2, -0.15) is 0 Å². The molecule has 0 fully saturated rings. The van der Waals surface area contributed by atoms with E-state index in [9.17, 15) is 14.0 Å². The maximum atomic E-state index is 12.9. The minimum atomic E-state index is -0.375. The number of benzene rings is 1. The van der Waals surface area contributed by atoms with Gasteiger partial charge in [0.1, 0.15) is 5.82 Å². The molecule has 2 amide bonds. The Morgan fingerprint density at radius 1 is 1.21 bits per heavy atom. The summed E-state index contributed by atoms with van der Waals surface area (Å²) in [5.41, 5.74) is 0.583. The summed E-state index contributed by atoms with van der Waals surface area (Å²) in [4.78, 5) is 22.9. The third-order valence-electron chi connectivity index (χ3n) is 2.41. The van der Waals surface area contributed by atoms with Crippen LogP contribution in [0.4, 0.5) is 4.39 Å². The van der Waals surface area contributed by atoms with Gasteiger partial charge in [0, 0.05) is 6.54 Å². The first-order chi connectivity index (χ1) is 8.97. The van der Waals surface area contributed by atoms with E-state index in [1.807, 2.05) is 13.8 Å². The van der Waals surface area contributed by atoms with Crippen LogP contribution in [0.15, 0.2) is 24.3 Å². The number of halogens is 1. The number of carbonyl (C=O) groups is 2. The summed E-state index contributed by atoms with van der Waals surface area (Å²) in [5, 5.41) is 5.20. The van der Waals surface area contributed by atoms with E-state index in [4.69, 9.17) is 0 Å². The molecule has 0 saturated heterocycles. The third kappa shape index (κ3) is 6.55. The van der Waals surface area contributed by atoms with Gasteiger partial charge in [0.15, 0.2) is 0 Å². The highest BCUT2D eigenvalue weighted by Gasteiger charge is 2.07. The second kappa shape index (κ2) is 7.51. The van der Waals surface area contributed by atoms with Crippen LogP contribution in [-0.2, 0) is 16.0 Å². The smallest absolute Gasteiger partial charge is 0.239 e. The molecule has 19 heavy (non-hydrogen) atoms. The highest BCUT2D eigenvalue weighted by molar-refractivity contribution is 5.85. The van der Waals surface area contributed by atoms with E-state index in [0.29, 0.717) is 18.0 Å². The van der Waals surface area contributed by atoms with Gasteiger partial charge in [-0.25, -0.2) is 4.39 Å². The molecular weight excluding hydrogens is 247 g/mol. The molecule has 104 valence electrons. The molecule has 0 aromatic heterocycles. The molecule has 0 atom stereocenters. The average molecular weight is 266 g/mol. The molecule has 0 spiro atoms. The molecule has 0 heterocycles. The SMILES string of the molecule is CC(C)CNC(=O)CNC(=O)Cc1cccc(F)c1. The first-order valence-corrected chi connectivity index (χ1v) is 6.25. The first kappa shape index (κ1) is 15.1. The van der Waals surface area contributed by atoms with Crippen molar-refractivity contribution in [3.05, 3.63) is 35.6 Å². The Balaban J connectivity index is 2.30. The van der Waals surface area contributed by atoms with Gasteiger partial charge in [0.2, 0.25) is 11.8 Å². The molecule has 0 unspecified atom stereocenters. The standard InChI is InChI=1S/C14H19FN2O2/c1-10(2)8-16-14(19)9-17-13(18)7-11-4-3-5-12(15)6-11/h3-6,10H,7-9H2,1-2H3,(H,16,19)(H,17,18). The highest BCUT2D eigenvalue weighted by Crippen LogP contribution is 2.03. The van der Waals surface area contributed by atoms with Crippen molar-refractivity contribution in [3.8, 4) is 0 Å². The lowest BCUT2D eigenvalue weighted by Gasteiger charge is -2.08. The summed E-state index contributed by atoms with van der Waals surface area (Å²) in [6, 6.07) is 5.84. The Kier molecular flexibility index (Phi) is 5.99. The fraction of sp³-hybridized carbons (Fsp3) is 0.429. The van der Waals surface area contributed by atoms with Gasteiger partial charge < -0.3 is 10.6 Å². The minimum absolute atomic E-state index is 0.0547. The summed E-state index contributed by atoms with van der Waals surface area (Å²) in [6.45, 7) is 4.51. The lowest BCUT2D eigenvalue weighted by molar-refractivity contribution is -0.125. The quantitative estimate of drug-likeness (QED) is 0.814. The second-order valence-corrected chi connectivity index (χ2v) is 4.78. The second-order valence-electron chi connectivity index (χ2n) is 4.78. The molecule has 1 aromatic rings. The van der Waals surface area contributed by atoms with Gasteiger partial charge in [0.05, 0.1) is 13.0 Å². The minimum Gasteiger partial charge on any atom is -0.354 e. The van der Waals surface area contributed by atoms with E-state index in [2.05, 4.69) is 10.6 Å². The molecule has 0 saturated carbocycles. The van der Waals surface area contributed by atoms with Crippen LogP contribution in [0.2, 0.25) is 0 Å². The van der Waals surface area contributed by atoms with Crippen LogP contribution in [0, 0.1) is 11.7 Å². The maximum absolute atomic E-state index is 12.9. The molecule has 5 heteroatoms. The fourth-order valence-electron chi connectivity index (χ4n) is 1.45. The average Bonchev–Trinajstić information content (AvgIpc) is 2.34. The number of hydrogen-bond donors (Lipinski definition) is 2. The fourth-order valence-corrected chi connectivity index (χ4v) is 1.45. The van der Waals surface area contributed by atoms with Gasteiger partial charge in [-0.15, -0.1) is 0 Å². The predicted molar refractivity (Wildman–Crippen MR) is 71.0 cm³/mol. The van der Waals surface area contributed by atoms with E-state index in [0.717, 1.165) is 0 Å². The molecular formula is C14H19FN2O2. The molecule has 2 N–H and O–H groups in total. The lowest BCUT2D eigenvalue weighted by Crippen LogP contribution is -2.38. The van der Waals surface area contributed by atoms with Crippen molar-refractivity contribution in [1.82, 2.24) is 10.6 Å². The monoisotopic (exact) mass is 266 g/mol. The zero-order valence-electron chi connectivity index (χ0n) is 11.2. The summed E-state index contributed by atoms with van der Waals surface area (Å²) >= 11 is 0. The Bertz CT molecular complexity index is 447. The van der Waals surface area contributed by atoms with E-state index < -0.39 is 0 Å². The topological polar surface area (TPSA) is 58.2 Å². The van der Waals surface area contributed by atoms with E-state index in [1.54, 1.807) is 12.1 Å². The number of nitrogens with one attached hydrogen (secondary N) is 2. The molecule has 0 radical (unpaired) electrons. The molecule has 0 bridgehead atoms. The van der Waals surface area contributed by atoms with E-state index in [-0.39, 0.29) is 30.6 Å². The van der Waals surface area contributed by atoms with Gasteiger partial charge >= 0.3 is 0 Å². The Labute approximate surface area is 112 Å². The predicted octanol–water partition coefficient (Wildman–Crippen LogP) is 1.26. The van der Waals surface area contributed by atoms with Crippen LogP contribution in [0.25, 0.3) is 0 Å². The number of rotatable bonds is 6. The maximum Gasteiger partial charge on any atom is 0.239 e. The highest BCUT2D eigenvalue weighted by atomic mass is 19.1. The van der Waals surface area contributed by atoms with Crippen LogP contribution in [0.3, 0.4) is 0 Å². The van der Waals surface area contributed by atoms with Crippen LogP contribution in [-0.4, -0.2) is 24.9 Å². The summed E-state index contributed by atoms with van der Waals surface area (Å²) in [5.74, 6) is -0.529. The Hall–Kier alpha value is -1.91. The van der Waals surface area contributed by atoms with Crippen LogP contribution in [0.1, 0.15) is 19.4 Å². The van der Waals surface area contributed by atoms with Crippen molar-refractivity contribution in [2.24, 2.45) is 5.92 Å². The van der Waals surface area contributed by atoms with Crippen molar-refractivity contribution in [3.63, 3.8) is 0 Å². The Morgan fingerprint density at radius 3 is 2.58 bits per heavy atom. The number of carbonyl (C=O) groups excluding carboxylic acids is 2. The molecule has 1 aromatic carbocycles. The van der Waals surface area contributed by atoms with Crippen molar-refractivity contribution in [2.45, 2.75) is 20.3 Å². The molecule has 0 aliphatic heterocycles. The third-order valence-corrected chi connectivity index (χ3v) is 2.41. The Morgan fingerprint density at radius 2 is 1.95 bits per heavy atom. The van der Waals surface area contributed by atoms with Gasteiger partial charge in [-0.3, -0.25) is 9.59 Å². The van der Waals surface area contributed by atoms with Gasteiger partial charge in [-0.05, 0) is 23.6 Å². The van der Waals surface area contributed by atoms with Crippen LogP contribution < -0.4 is 10.6 Å². The summed E-state index contributed by atoms with van der Waals surface area (Å²) in [6.07, 6.45) is 0.0647. The first-order valence-electron chi connectivity index (χ1n) is 6.25. The van der Waals surface area contributed by atoms with Crippen molar-refractivity contribution < 1.29 is 14.0 Å². The zero-order chi connectivity index (χ0) is 14.3. The summed E-state index contributed by atoms with van der Waals surface area (Å²) in [7, 11) is 0. The van der Waals surface area contributed by atoms with Crippen LogP contribution >= 0.6 is 0 Å². The molecule has 1 rings (SSSR count). The van der Waals surface area contributed by atoms with Gasteiger partial charge in [0.25, 0.3) is 0 Å². The largest absolute Gasteiger partial charge is 0.354 e. The number of hydrogen-bond acceptors (Lipinski definition) is 2. The lowest BCUT2D eigenvalue weighted by atomic mass is 10.1. The van der Waals surface area contributed by atoms with E-state index >= 15 is 0 Å². The molecule has 0 aliphatic carbocycles. The summed E-state index contributed by atoms with van der Waals surface area (Å²) < 4.78 is 12.9. The van der Waals surface area contributed by atoms with Crippen molar-refractivity contribution in [1.29, 1.82) is 0 Å². The van der Waals surface area contributed by atoms with Crippen molar-refractivity contribution in [2.75, 3.05) is 13.1 Å². The number of amides is 2. The zero-order valence-corrected chi connectivity index (χ0v) is 11.2. The molecule has 0 aliphatic rings. The van der Waals surface area contributed by atoms with E-state index in [1.165, 1.54) is 12.1 Å². The normalized spacial score (nSPS) is 10.3. The van der Waals surface area contributed by atoms with Crippen molar-refractivity contribution >= 4 is 11.8 Å².